The predicted molar refractivity (Wildman–Crippen MR) is 145 cm³/mol. The fraction of sp³-hybridized carbons (Fsp3) is 0.444. The second kappa shape index (κ2) is 12.7. The molecule has 10 nitrogen and oxygen atoms in total. The largest absolute Gasteiger partial charge is 0.480 e. The van der Waals surface area contributed by atoms with Crippen LogP contribution in [0, 0.1) is 5.92 Å². The Labute approximate surface area is 227 Å². The molecule has 3 atom stereocenters. The number of halogens is 1. The van der Waals surface area contributed by atoms with Crippen molar-refractivity contribution in [3.63, 3.8) is 0 Å². The lowest BCUT2D eigenvalue weighted by Crippen LogP contribution is -2.52. The maximum absolute atomic E-state index is 13.4. The van der Waals surface area contributed by atoms with Crippen LogP contribution < -0.4 is 11.5 Å². The summed E-state index contributed by atoms with van der Waals surface area (Å²) in [5.41, 5.74) is 10.0. The molecule has 5 N–H and O–H groups in total. The van der Waals surface area contributed by atoms with Crippen LogP contribution in [0.2, 0.25) is 0 Å². The van der Waals surface area contributed by atoms with Gasteiger partial charge >= 0.3 is 11.9 Å². The Morgan fingerprint density at radius 1 is 1.26 bits per heavy atom. The standard InChI is InChI=1S/C27H35ClN4O6/c1-6-15(2)12-16(3)9-10-18-13-19-20(23(34)27(5,38-17(4)33)24(35)22(19)28)14-32(18)21(25(36)37)8-7-11-31-26(29)30/h9-10,12-15,21H,6-8,11H2,1-5H3,(H,36,37)(H4,29,30,31). The zero-order chi connectivity index (χ0) is 28.8. The summed E-state index contributed by atoms with van der Waals surface area (Å²) < 4.78 is 5.11. The van der Waals surface area contributed by atoms with Crippen LogP contribution in [0.3, 0.4) is 0 Å². The van der Waals surface area contributed by atoms with Gasteiger partial charge in [0.1, 0.15) is 6.04 Å². The Morgan fingerprint density at radius 2 is 1.92 bits per heavy atom. The smallest absolute Gasteiger partial charge is 0.326 e. The number of carbonyl (C=O) groups excluding carboxylic acids is 3. The lowest BCUT2D eigenvalue weighted by atomic mass is 9.79. The number of rotatable bonds is 11. The third-order valence-electron chi connectivity index (χ3n) is 6.30. The number of carboxylic acids is 1. The molecule has 0 aromatic heterocycles. The topological polar surface area (TPSA) is 165 Å². The van der Waals surface area contributed by atoms with Crippen LogP contribution >= 0.6 is 11.6 Å². The van der Waals surface area contributed by atoms with Crippen molar-refractivity contribution in [3.8, 4) is 0 Å². The average Bonchev–Trinajstić information content (AvgIpc) is 2.84. The second-order valence-corrected chi connectivity index (χ2v) is 9.84. The normalized spacial score (nSPS) is 21.5. The number of ether oxygens (including phenoxy) is 1. The first-order chi connectivity index (χ1) is 17.7. The van der Waals surface area contributed by atoms with Crippen molar-refractivity contribution in [3.05, 3.63) is 58.0 Å². The number of hydrogen-bond acceptors (Lipinski definition) is 7. The van der Waals surface area contributed by atoms with Crippen molar-refractivity contribution < 1.29 is 29.0 Å². The fourth-order valence-corrected chi connectivity index (χ4v) is 4.47. The highest BCUT2D eigenvalue weighted by atomic mass is 35.5. The zero-order valence-corrected chi connectivity index (χ0v) is 23.0. The Kier molecular flexibility index (Phi) is 10.2. The van der Waals surface area contributed by atoms with Gasteiger partial charge in [-0.1, -0.05) is 49.6 Å². The highest BCUT2D eigenvalue weighted by molar-refractivity contribution is 6.49. The van der Waals surface area contributed by atoms with E-state index in [0.29, 0.717) is 18.0 Å². The van der Waals surface area contributed by atoms with E-state index < -0.39 is 35.1 Å². The minimum absolute atomic E-state index is 0.0298. The molecular formula is C27H35ClN4O6. The van der Waals surface area contributed by atoms with Gasteiger partial charge in [-0.25, -0.2) is 4.79 Å². The number of hydrogen-bond donors (Lipinski definition) is 3. The van der Waals surface area contributed by atoms with Crippen LogP contribution in [0.1, 0.15) is 53.9 Å². The maximum Gasteiger partial charge on any atom is 0.326 e. The van der Waals surface area contributed by atoms with Gasteiger partial charge in [-0.05, 0) is 44.8 Å². The average molecular weight is 547 g/mol. The minimum atomic E-state index is -2.16. The summed E-state index contributed by atoms with van der Waals surface area (Å²) >= 11 is 6.40. The molecule has 1 aliphatic heterocycles. The summed E-state index contributed by atoms with van der Waals surface area (Å²) in [6.07, 6.45) is 9.91. The van der Waals surface area contributed by atoms with Gasteiger partial charge in [0.15, 0.2) is 5.96 Å². The minimum Gasteiger partial charge on any atom is -0.480 e. The van der Waals surface area contributed by atoms with Crippen molar-refractivity contribution in [2.24, 2.45) is 22.4 Å². The van der Waals surface area contributed by atoms with E-state index in [1.165, 1.54) is 24.1 Å². The number of esters is 1. The molecular weight excluding hydrogens is 512 g/mol. The molecule has 0 saturated carbocycles. The lowest BCUT2D eigenvalue weighted by Gasteiger charge is -2.37. The van der Waals surface area contributed by atoms with Crippen LogP contribution in [-0.4, -0.2) is 57.7 Å². The number of nitrogens with zero attached hydrogens (tertiary/aromatic N) is 2. The lowest BCUT2D eigenvalue weighted by molar-refractivity contribution is -0.167. The monoisotopic (exact) mass is 546 g/mol. The molecule has 0 bridgehead atoms. The zero-order valence-electron chi connectivity index (χ0n) is 22.3. The van der Waals surface area contributed by atoms with Crippen molar-refractivity contribution in [2.45, 2.75) is 65.5 Å². The summed E-state index contributed by atoms with van der Waals surface area (Å²) in [6, 6.07) is -1.10. The number of allylic oxidation sites excluding steroid dienone is 6. The molecule has 38 heavy (non-hydrogen) atoms. The number of carboxylic acid groups (broad SMARTS) is 1. The first-order valence-electron chi connectivity index (χ1n) is 12.3. The third kappa shape index (κ3) is 7.00. The number of aliphatic imine (C=N–C) groups is 1. The van der Waals surface area contributed by atoms with Gasteiger partial charge in [0.2, 0.25) is 17.2 Å². The van der Waals surface area contributed by atoms with E-state index in [1.807, 2.05) is 13.0 Å². The molecule has 0 aromatic rings. The molecule has 3 unspecified atom stereocenters. The molecule has 2 rings (SSSR count). The van der Waals surface area contributed by atoms with Gasteiger partial charge in [0.05, 0.1) is 5.03 Å². The number of aliphatic carboxylic acids is 1. The van der Waals surface area contributed by atoms with Crippen LogP contribution in [0.5, 0.6) is 0 Å². The number of nitrogens with two attached hydrogens (primary N) is 2. The van der Waals surface area contributed by atoms with Crippen molar-refractivity contribution in [2.75, 3.05) is 6.54 Å². The Balaban J connectivity index is 2.65. The molecule has 0 spiro atoms. The quantitative estimate of drug-likeness (QED) is 0.0881. The molecule has 1 heterocycles. The number of carbonyl (C=O) groups is 4. The highest BCUT2D eigenvalue weighted by Gasteiger charge is 2.52. The van der Waals surface area contributed by atoms with Crippen LogP contribution in [0.4, 0.5) is 0 Å². The number of guanidine groups is 1. The van der Waals surface area contributed by atoms with Gasteiger partial charge in [0.25, 0.3) is 0 Å². The first-order valence-corrected chi connectivity index (χ1v) is 12.7. The van der Waals surface area contributed by atoms with Crippen LogP contribution in [0.15, 0.2) is 62.9 Å². The molecule has 1 aliphatic carbocycles. The van der Waals surface area contributed by atoms with Crippen LogP contribution in [-0.2, 0) is 23.9 Å². The Bertz CT molecular complexity index is 1190. The Morgan fingerprint density at radius 3 is 2.47 bits per heavy atom. The maximum atomic E-state index is 13.4. The SMILES string of the molecule is CCC(C)C=C(C)C=CC1=CC2=C(Cl)C(=O)C(C)(OC(C)=O)C(=O)C2=CN1C(CCCN=C(N)N)C(=O)O. The van der Waals surface area contributed by atoms with Gasteiger partial charge in [-0.2, -0.15) is 0 Å². The number of ketones is 2. The molecule has 2 aliphatic rings. The third-order valence-corrected chi connectivity index (χ3v) is 6.68. The van der Waals surface area contributed by atoms with E-state index >= 15 is 0 Å². The van der Waals surface area contributed by atoms with E-state index in [9.17, 15) is 24.3 Å². The molecule has 0 aromatic carbocycles. The Hall–Kier alpha value is -3.66. The van der Waals surface area contributed by atoms with Gasteiger partial charge in [-0.3, -0.25) is 19.4 Å². The number of Topliss-reactive ketones (excluding diaryl/α,β-unsaturated/α-hetero) is 2. The van der Waals surface area contributed by atoms with E-state index in [0.717, 1.165) is 18.9 Å². The molecule has 0 saturated heterocycles. The fourth-order valence-electron chi connectivity index (χ4n) is 4.14. The molecule has 206 valence electrons. The molecule has 0 radical (unpaired) electrons. The second-order valence-electron chi connectivity index (χ2n) is 9.46. The van der Waals surface area contributed by atoms with Gasteiger partial charge in [-0.15, -0.1) is 0 Å². The first kappa shape index (κ1) is 30.6. The van der Waals surface area contributed by atoms with Crippen molar-refractivity contribution in [1.82, 2.24) is 4.90 Å². The number of fused-ring (bicyclic) bond motifs is 1. The summed E-state index contributed by atoms with van der Waals surface area (Å²) in [6.45, 7) is 8.55. The van der Waals surface area contributed by atoms with E-state index in [4.69, 9.17) is 27.8 Å². The van der Waals surface area contributed by atoms with Gasteiger partial charge < -0.3 is 26.2 Å². The molecule has 0 amide bonds. The van der Waals surface area contributed by atoms with E-state index in [1.54, 1.807) is 6.08 Å². The highest BCUT2D eigenvalue weighted by Crippen LogP contribution is 2.40. The van der Waals surface area contributed by atoms with Gasteiger partial charge in [0, 0.05) is 36.5 Å². The summed E-state index contributed by atoms with van der Waals surface area (Å²) in [5, 5.41) is 9.81. The summed E-state index contributed by atoms with van der Waals surface area (Å²) in [5.74, 6) is -3.37. The molecule has 0 fully saturated rings. The predicted octanol–water partition coefficient (Wildman–Crippen LogP) is 3.09. The van der Waals surface area contributed by atoms with Crippen molar-refractivity contribution >= 4 is 41.1 Å². The van der Waals surface area contributed by atoms with Crippen molar-refractivity contribution in [1.29, 1.82) is 0 Å². The van der Waals surface area contributed by atoms with Crippen LogP contribution in [0.25, 0.3) is 0 Å². The van der Waals surface area contributed by atoms with E-state index in [-0.39, 0.29) is 35.1 Å². The summed E-state index contributed by atoms with van der Waals surface area (Å²) in [4.78, 5) is 55.8. The van der Waals surface area contributed by atoms with E-state index in [2.05, 4.69) is 24.9 Å². The molecule has 11 heteroatoms. The summed E-state index contributed by atoms with van der Waals surface area (Å²) in [7, 11) is 0.